The maximum atomic E-state index is 12.9. The molecule has 0 spiro atoms. The summed E-state index contributed by atoms with van der Waals surface area (Å²) < 4.78 is 32.0. The fourth-order valence-corrected chi connectivity index (χ4v) is 4.65. The Balaban J connectivity index is 2.33. The number of carbonyl (C=O) groups excluding carboxylic acids is 1. The number of amides is 1. The van der Waals surface area contributed by atoms with Crippen LogP contribution in [0.1, 0.15) is 45.1 Å². The predicted molar refractivity (Wildman–Crippen MR) is 80.8 cm³/mol. The third-order valence-electron chi connectivity index (χ3n) is 3.54. The Bertz CT molecular complexity index is 653. The van der Waals surface area contributed by atoms with Crippen molar-refractivity contribution in [3.05, 3.63) is 11.5 Å². The highest BCUT2D eigenvalue weighted by Crippen LogP contribution is 2.30. The molecule has 1 atom stereocenters. The van der Waals surface area contributed by atoms with Gasteiger partial charge in [0.25, 0.3) is 0 Å². The standard InChI is InChI=1S/C14H23N3O4S/c1-9-12(10(2)21-16-9)22(19,20)17-8-6-7-11(17)13(18)15-14(3,4)5/h11H,6-8H2,1-5H3,(H,15,18)/t11-/m1/s1. The molecule has 7 nitrogen and oxygen atoms in total. The zero-order chi connectivity index (χ0) is 16.7. The molecule has 1 saturated heterocycles. The van der Waals surface area contributed by atoms with Crippen LogP contribution in [0.15, 0.2) is 9.42 Å². The first-order valence-corrected chi connectivity index (χ1v) is 8.75. The Kier molecular flexibility index (Phi) is 4.36. The smallest absolute Gasteiger partial charge is 0.249 e. The van der Waals surface area contributed by atoms with Crippen LogP contribution in [0.4, 0.5) is 0 Å². The van der Waals surface area contributed by atoms with Gasteiger partial charge in [-0.25, -0.2) is 8.42 Å². The average Bonchev–Trinajstić information content (AvgIpc) is 2.94. The van der Waals surface area contributed by atoms with E-state index in [1.807, 2.05) is 20.8 Å². The summed E-state index contributed by atoms with van der Waals surface area (Å²) in [6, 6.07) is -0.682. The maximum Gasteiger partial charge on any atom is 0.249 e. The van der Waals surface area contributed by atoms with Gasteiger partial charge < -0.3 is 9.84 Å². The summed E-state index contributed by atoms with van der Waals surface area (Å²) in [5.41, 5.74) is -0.0858. The first kappa shape index (κ1) is 17.0. The lowest BCUT2D eigenvalue weighted by Gasteiger charge is -2.27. The van der Waals surface area contributed by atoms with Crippen molar-refractivity contribution in [3.8, 4) is 0 Å². The van der Waals surface area contributed by atoms with Gasteiger partial charge in [0, 0.05) is 12.1 Å². The summed E-state index contributed by atoms with van der Waals surface area (Å²) in [6.45, 7) is 9.08. The summed E-state index contributed by atoms with van der Waals surface area (Å²) >= 11 is 0. The Hall–Kier alpha value is -1.41. The number of sulfonamides is 1. The highest BCUT2D eigenvalue weighted by atomic mass is 32.2. The molecule has 2 rings (SSSR count). The minimum Gasteiger partial charge on any atom is -0.360 e. The van der Waals surface area contributed by atoms with Gasteiger partial charge in [-0.2, -0.15) is 4.31 Å². The summed E-state index contributed by atoms with van der Waals surface area (Å²) in [6.07, 6.45) is 1.18. The second kappa shape index (κ2) is 5.66. The highest BCUT2D eigenvalue weighted by Gasteiger charge is 2.42. The van der Waals surface area contributed by atoms with E-state index in [0.717, 1.165) is 0 Å². The number of aryl methyl sites for hydroxylation is 2. The second-order valence-corrected chi connectivity index (χ2v) is 8.49. The summed E-state index contributed by atoms with van der Waals surface area (Å²) in [5, 5.41) is 6.56. The molecular weight excluding hydrogens is 306 g/mol. The molecule has 0 bridgehead atoms. The van der Waals surface area contributed by atoms with Crippen molar-refractivity contribution in [1.82, 2.24) is 14.8 Å². The Labute approximate surface area is 131 Å². The Morgan fingerprint density at radius 2 is 2.00 bits per heavy atom. The van der Waals surface area contributed by atoms with Gasteiger partial charge in [-0.3, -0.25) is 4.79 Å². The summed E-state index contributed by atoms with van der Waals surface area (Å²) in [7, 11) is -3.79. The zero-order valence-electron chi connectivity index (χ0n) is 13.6. The summed E-state index contributed by atoms with van der Waals surface area (Å²) in [5.74, 6) is -0.0142. The van der Waals surface area contributed by atoms with Crippen LogP contribution in [-0.2, 0) is 14.8 Å². The monoisotopic (exact) mass is 329 g/mol. The SMILES string of the molecule is Cc1noc(C)c1S(=O)(=O)N1CCC[C@@H]1C(=O)NC(C)(C)C. The summed E-state index contributed by atoms with van der Waals surface area (Å²) in [4.78, 5) is 12.5. The molecule has 1 aromatic rings. The number of hydrogen-bond acceptors (Lipinski definition) is 5. The lowest BCUT2D eigenvalue weighted by molar-refractivity contribution is -0.125. The Morgan fingerprint density at radius 3 is 2.50 bits per heavy atom. The third-order valence-corrected chi connectivity index (χ3v) is 5.69. The minimum absolute atomic E-state index is 0.0722. The molecule has 0 saturated carbocycles. The fraction of sp³-hybridized carbons (Fsp3) is 0.714. The topological polar surface area (TPSA) is 92.5 Å². The molecule has 0 unspecified atom stereocenters. The highest BCUT2D eigenvalue weighted by molar-refractivity contribution is 7.89. The van der Waals surface area contributed by atoms with Crippen molar-refractivity contribution >= 4 is 15.9 Å². The van der Waals surface area contributed by atoms with E-state index >= 15 is 0 Å². The van der Waals surface area contributed by atoms with E-state index in [1.54, 1.807) is 13.8 Å². The lowest BCUT2D eigenvalue weighted by Crippen LogP contribution is -2.51. The van der Waals surface area contributed by atoms with Gasteiger partial charge in [0.2, 0.25) is 15.9 Å². The van der Waals surface area contributed by atoms with E-state index in [1.165, 1.54) is 4.31 Å². The van der Waals surface area contributed by atoms with Crippen LogP contribution in [0.2, 0.25) is 0 Å². The van der Waals surface area contributed by atoms with Gasteiger partial charge in [-0.15, -0.1) is 0 Å². The molecule has 0 aliphatic carbocycles. The van der Waals surface area contributed by atoms with Crippen LogP contribution in [0.25, 0.3) is 0 Å². The second-order valence-electron chi connectivity index (χ2n) is 6.67. The van der Waals surface area contributed by atoms with E-state index in [9.17, 15) is 13.2 Å². The number of nitrogens with zero attached hydrogens (tertiary/aromatic N) is 2. The molecule has 1 fully saturated rings. The molecule has 124 valence electrons. The molecule has 1 amide bonds. The number of hydrogen-bond donors (Lipinski definition) is 1. The average molecular weight is 329 g/mol. The van der Waals surface area contributed by atoms with Crippen LogP contribution in [-0.4, -0.2) is 41.9 Å². The van der Waals surface area contributed by atoms with Gasteiger partial charge in [0.15, 0.2) is 5.76 Å². The number of aromatic nitrogens is 1. The van der Waals surface area contributed by atoms with Gasteiger partial charge in [-0.05, 0) is 47.5 Å². The van der Waals surface area contributed by atoms with E-state index in [4.69, 9.17) is 4.52 Å². The first-order chi connectivity index (χ1) is 10.0. The molecule has 0 aromatic carbocycles. The zero-order valence-corrected chi connectivity index (χ0v) is 14.5. The first-order valence-electron chi connectivity index (χ1n) is 7.31. The van der Waals surface area contributed by atoms with E-state index in [-0.39, 0.29) is 16.6 Å². The molecule has 8 heteroatoms. The quantitative estimate of drug-likeness (QED) is 0.904. The van der Waals surface area contributed by atoms with Crippen molar-refractivity contribution < 1.29 is 17.7 Å². The van der Waals surface area contributed by atoms with Crippen LogP contribution in [0.5, 0.6) is 0 Å². The largest absolute Gasteiger partial charge is 0.360 e. The van der Waals surface area contributed by atoms with Crippen molar-refractivity contribution in [2.24, 2.45) is 0 Å². The van der Waals surface area contributed by atoms with Crippen LogP contribution in [0, 0.1) is 13.8 Å². The number of carbonyl (C=O) groups is 1. The van der Waals surface area contributed by atoms with Crippen molar-refractivity contribution in [3.63, 3.8) is 0 Å². The molecule has 2 heterocycles. The molecule has 22 heavy (non-hydrogen) atoms. The maximum absolute atomic E-state index is 12.9. The van der Waals surface area contributed by atoms with E-state index < -0.39 is 21.6 Å². The predicted octanol–water partition coefficient (Wildman–Crippen LogP) is 1.36. The molecule has 1 aliphatic rings. The molecule has 0 radical (unpaired) electrons. The number of rotatable bonds is 3. The van der Waals surface area contributed by atoms with Crippen LogP contribution in [0.3, 0.4) is 0 Å². The molecule has 1 aliphatic heterocycles. The van der Waals surface area contributed by atoms with Crippen LogP contribution < -0.4 is 5.32 Å². The van der Waals surface area contributed by atoms with E-state index in [2.05, 4.69) is 10.5 Å². The lowest BCUT2D eigenvalue weighted by atomic mass is 10.1. The fourth-order valence-electron chi connectivity index (χ4n) is 2.70. The van der Waals surface area contributed by atoms with Gasteiger partial charge in [0.1, 0.15) is 16.6 Å². The van der Waals surface area contributed by atoms with Crippen molar-refractivity contribution in [1.29, 1.82) is 0 Å². The molecule has 1 N–H and O–H groups in total. The van der Waals surface area contributed by atoms with Crippen molar-refractivity contribution in [2.45, 2.75) is 63.9 Å². The third kappa shape index (κ3) is 3.17. The van der Waals surface area contributed by atoms with Gasteiger partial charge >= 0.3 is 0 Å². The van der Waals surface area contributed by atoms with E-state index in [0.29, 0.717) is 25.1 Å². The molecular formula is C14H23N3O4S. The normalized spacial score (nSPS) is 20.3. The minimum atomic E-state index is -3.79. The van der Waals surface area contributed by atoms with Crippen molar-refractivity contribution in [2.75, 3.05) is 6.54 Å². The van der Waals surface area contributed by atoms with Gasteiger partial charge in [0.05, 0.1) is 0 Å². The van der Waals surface area contributed by atoms with Gasteiger partial charge in [-0.1, -0.05) is 5.16 Å². The number of nitrogens with one attached hydrogen (secondary N) is 1. The van der Waals surface area contributed by atoms with Crippen LogP contribution >= 0.6 is 0 Å². The Morgan fingerprint density at radius 1 is 1.36 bits per heavy atom. The molecule has 1 aromatic heterocycles.